The first-order valence-electron chi connectivity index (χ1n) is 7.24. The maximum absolute atomic E-state index is 11.3. The zero-order chi connectivity index (χ0) is 15.8. The topological polar surface area (TPSA) is 62.2 Å². The second kappa shape index (κ2) is 5.48. The van der Waals surface area contributed by atoms with Crippen LogP contribution in [0, 0.1) is 10.8 Å². The normalized spacial score (nSPS) is 21.0. The third-order valence-corrected chi connectivity index (χ3v) is 4.20. The number of nitrogens with one attached hydrogen (secondary N) is 1. The summed E-state index contributed by atoms with van der Waals surface area (Å²) in [6, 6.07) is 3.21. The van der Waals surface area contributed by atoms with E-state index in [1.54, 1.807) is 0 Å². The Morgan fingerprint density at radius 1 is 1.29 bits per heavy atom. The van der Waals surface area contributed by atoms with E-state index in [4.69, 9.17) is 11.6 Å². The van der Waals surface area contributed by atoms with Crippen molar-refractivity contribution in [1.29, 1.82) is 0 Å². The number of aromatic carboxylic acids is 1. The van der Waals surface area contributed by atoms with Gasteiger partial charge in [0.1, 0.15) is 16.5 Å². The fourth-order valence-corrected chi connectivity index (χ4v) is 4.01. The summed E-state index contributed by atoms with van der Waals surface area (Å²) in [4.78, 5) is 15.5. The Hall–Kier alpha value is -1.29. The van der Waals surface area contributed by atoms with Crippen LogP contribution in [0.5, 0.6) is 0 Å². The maximum atomic E-state index is 11.3. The monoisotopic (exact) mass is 310 g/mol. The molecule has 0 amide bonds. The number of anilines is 1. The first-order valence-corrected chi connectivity index (χ1v) is 7.62. The molecule has 1 aromatic heterocycles. The second-order valence-corrected chi connectivity index (χ2v) is 7.98. The van der Waals surface area contributed by atoms with Gasteiger partial charge >= 0.3 is 5.97 Å². The number of pyridine rings is 1. The van der Waals surface area contributed by atoms with Gasteiger partial charge < -0.3 is 10.4 Å². The molecular formula is C16H23ClN2O2. The van der Waals surface area contributed by atoms with Gasteiger partial charge in [-0.05, 0) is 42.2 Å². The molecule has 0 aromatic carbocycles. The summed E-state index contributed by atoms with van der Waals surface area (Å²) in [7, 11) is 0. The smallest absolute Gasteiger partial charge is 0.339 e. The highest BCUT2D eigenvalue weighted by atomic mass is 35.5. The number of hydrogen-bond acceptors (Lipinski definition) is 3. The van der Waals surface area contributed by atoms with E-state index >= 15 is 0 Å². The molecular weight excluding hydrogens is 288 g/mol. The number of carboxylic acids is 1. The molecule has 1 aliphatic carbocycles. The molecule has 1 saturated carbocycles. The van der Waals surface area contributed by atoms with Crippen molar-refractivity contribution in [2.75, 3.05) is 5.32 Å². The Morgan fingerprint density at radius 3 is 2.38 bits per heavy atom. The Bertz CT molecular complexity index is 539. The van der Waals surface area contributed by atoms with Gasteiger partial charge in [0.15, 0.2) is 0 Å². The molecule has 2 N–H and O–H groups in total. The molecule has 0 radical (unpaired) electrons. The van der Waals surface area contributed by atoms with E-state index in [9.17, 15) is 9.90 Å². The second-order valence-electron chi connectivity index (χ2n) is 7.59. The average Bonchev–Trinajstić information content (AvgIpc) is 2.23. The summed E-state index contributed by atoms with van der Waals surface area (Å²) in [6.07, 6.45) is 3.14. The Morgan fingerprint density at radius 2 is 1.86 bits per heavy atom. The Balaban J connectivity index is 2.25. The van der Waals surface area contributed by atoms with Crippen LogP contribution in [0.1, 0.15) is 57.3 Å². The maximum Gasteiger partial charge on any atom is 0.339 e. The number of rotatable bonds is 3. The van der Waals surface area contributed by atoms with Crippen LogP contribution in [0.2, 0.25) is 5.15 Å². The molecule has 0 saturated heterocycles. The average molecular weight is 311 g/mol. The molecule has 5 heteroatoms. The van der Waals surface area contributed by atoms with E-state index in [0.717, 1.165) is 19.3 Å². The summed E-state index contributed by atoms with van der Waals surface area (Å²) < 4.78 is 0. The molecule has 0 atom stereocenters. The number of hydrogen-bond donors (Lipinski definition) is 2. The van der Waals surface area contributed by atoms with Gasteiger partial charge in [-0.25, -0.2) is 9.78 Å². The van der Waals surface area contributed by atoms with Crippen molar-refractivity contribution in [3.8, 4) is 0 Å². The van der Waals surface area contributed by atoms with Crippen molar-refractivity contribution in [2.45, 2.75) is 53.0 Å². The lowest BCUT2D eigenvalue weighted by Gasteiger charge is -2.45. The third kappa shape index (κ3) is 4.10. The lowest BCUT2D eigenvalue weighted by Crippen LogP contribution is -2.40. The highest BCUT2D eigenvalue weighted by molar-refractivity contribution is 6.29. The Labute approximate surface area is 130 Å². The predicted octanol–water partition coefficient (Wildman–Crippen LogP) is 4.45. The largest absolute Gasteiger partial charge is 0.478 e. The molecule has 1 aromatic rings. The van der Waals surface area contributed by atoms with Gasteiger partial charge in [0, 0.05) is 6.04 Å². The molecule has 116 valence electrons. The summed E-state index contributed by atoms with van der Waals surface area (Å²) >= 11 is 5.91. The van der Waals surface area contributed by atoms with E-state index in [1.807, 2.05) is 0 Å². The van der Waals surface area contributed by atoms with Crippen molar-refractivity contribution in [2.24, 2.45) is 10.8 Å². The zero-order valence-electron chi connectivity index (χ0n) is 13.0. The minimum absolute atomic E-state index is 0.167. The number of aromatic nitrogens is 1. The number of halogens is 1. The van der Waals surface area contributed by atoms with E-state index in [2.05, 4.69) is 38.0 Å². The number of nitrogens with zero attached hydrogens (tertiary/aromatic N) is 1. The molecule has 0 unspecified atom stereocenters. The minimum Gasteiger partial charge on any atom is -0.478 e. The highest BCUT2D eigenvalue weighted by Crippen LogP contribution is 2.46. The lowest BCUT2D eigenvalue weighted by atomic mass is 9.63. The number of carboxylic acid groups (broad SMARTS) is 1. The van der Waals surface area contributed by atoms with Gasteiger partial charge in [0.05, 0.1) is 0 Å². The van der Waals surface area contributed by atoms with Crippen LogP contribution >= 0.6 is 11.6 Å². The third-order valence-electron chi connectivity index (χ3n) is 3.99. The Kier molecular flexibility index (Phi) is 4.20. The van der Waals surface area contributed by atoms with Crippen LogP contribution in [0.3, 0.4) is 0 Å². The van der Waals surface area contributed by atoms with Gasteiger partial charge in [0.2, 0.25) is 0 Å². The quantitative estimate of drug-likeness (QED) is 0.810. The predicted molar refractivity (Wildman–Crippen MR) is 85.0 cm³/mol. The molecule has 21 heavy (non-hydrogen) atoms. The fraction of sp³-hybridized carbons (Fsp3) is 0.625. The summed E-state index contributed by atoms with van der Waals surface area (Å²) in [5, 5.41) is 12.9. The van der Waals surface area contributed by atoms with Gasteiger partial charge in [-0.2, -0.15) is 0 Å². The lowest BCUT2D eigenvalue weighted by molar-refractivity contribution is 0.0697. The van der Waals surface area contributed by atoms with Crippen LogP contribution in [0.15, 0.2) is 12.1 Å². The standard InChI is InChI=1S/C16H23ClN2O2/c1-15(2)7-10(8-16(3,4)9-15)18-13-11(14(20)21)5-6-12(17)19-13/h5-6,10H,7-9H2,1-4H3,(H,18,19)(H,20,21). The summed E-state index contributed by atoms with van der Waals surface area (Å²) in [5.74, 6) is -0.621. The SMILES string of the molecule is CC1(C)CC(Nc2nc(Cl)ccc2C(=O)O)CC(C)(C)C1. The van der Waals surface area contributed by atoms with Crippen LogP contribution < -0.4 is 5.32 Å². The first-order chi connectivity index (χ1) is 9.58. The number of carbonyl (C=O) groups is 1. The molecule has 2 rings (SSSR count). The fourth-order valence-electron chi connectivity index (χ4n) is 3.86. The first kappa shape index (κ1) is 16.1. The molecule has 0 spiro atoms. The molecule has 1 aliphatic rings. The molecule has 4 nitrogen and oxygen atoms in total. The molecule has 0 aliphatic heterocycles. The van der Waals surface area contributed by atoms with Crippen LogP contribution in [-0.2, 0) is 0 Å². The van der Waals surface area contributed by atoms with Crippen molar-refractivity contribution >= 4 is 23.4 Å². The van der Waals surface area contributed by atoms with Crippen molar-refractivity contribution < 1.29 is 9.90 Å². The molecule has 1 heterocycles. The summed E-state index contributed by atoms with van der Waals surface area (Å²) in [6.45, 7) is 9.02. The van der Waals surface area contributed by atoms with E-state index < -0.39 is 5.97 Å². The zero-order valence-corrected chi connectivity index (χ0v) is 13.8. The van der Waals surface area contributed by atoms with Gasteiger partial charge in [-0.1, -0.05) is 39.3 Å². The van der Waals surface area contributed by atoms with Crippen molar-refractivity contribution in [1.82, 2.24) is 4.98 Å². The van der Waals surface area contributed by atoms with Gasteiger partial charge in [-0.15, -0.1) is 0 Å². The van der Waals surface area contributed by atoms with E-state index in [-0.39, 0.29) is 22.4 Å². The molecule has 1 fully saturated rings. The van der Waals surface area contributed by atoms with E-state index in [1.165, 1.54) is 12.1 Å². The van der Waals surface area contributed by atoms with Crippen molar-refractivity contribution in [3.05, 3.63) is 22.8 Å². The minimum atomic E-state index is -0.990. The van der Waals surface area contributed by atoms with Crippen molar-refractivity contribution in [3.63, 3.8) is 0 Å². The van der Waals surface area contributed by atoms with Gasteiger partial charge in [-0.3, -0.25) is 0 Å². The summed E-state index contributed by atoms with van der Waals surface area (Å²) in [5.41, 5.74) is 0.614. The highest BCUT2D eigenvalue weighted by Gasteiger charge is 2.38. The van der Waals surface area contributed by atoms with Gasteiger partial charge in [0.25, 0.3) is 0 Å². The van der Waals surface area contributed by atoms with E-state index in [0.29, 0.717) is 11.0 Å². The van der Waals surface area contributed by atoms with Crippen LogP contribution in [0.4, 0.5) is 5.82 Å². The van der Waals surface area contributed by atoms with Crippen LogP contribution in [0.25, 0.3) is 0 Å². The molecule has 0 bridgehead atoms. The van der Waals surface area contributed by atoms with Crippen LogP contribution in [-0.4, -0.2) is 22.1 Å².